The zero-order valence-electron chi connectivity index (χ0n) is 6.39. The number of rotatable bonds is 1. The van der Waals surface area contributed by atoms with Crippen molar-refractivity contribution in [2.24, 2.45) is 0 Å². The van der Waals surface area contributed by atoms with Gasteiger partial charge in [0.05, 0.1) is 0 Å². The van der Waals surface area contributed by atoms with E-state index in [1.807, 2.05) is 0 Å². The van der Waals surface area contributed by atoms with Gasteiger partial charge in [0.25, 0.3) is 0 Å². The largest absolute Gasteiger partial charge is 0.498 e. The van der Waals surface area contributed by atoms with Gasteiger partial charge in [-0.25, -0.2) is 0 Å². The van der Waals surface area contributed by atoms with Crippen molar-refractivity contribution in [2.45, 2.75) is 43.4 Å². The van der Waals surface area contributed by atoms with E-state index in [2.05, 4.69) is 13.8 Å². The van der Waals surface area contributed by atoms with E-state index in [0.29, 0.717) is 6.10 Å². The molecule has 0 aromatic heterocycles. The van der Waals surface area contributed by atoms with Gasteiger partial charge in [-0.15, -0.1) is 0 Å². The predicted molar refractivity (Wildman–Crippen MR) is 40.8 cm³/mol. The highest BCUT2D eigenvalue weighted by Gasteiger charge is 2.24. The third-order valence-electron chi connectivity index (χ3n) is 2.02. The molecule has 0 amide bonds. The second-order valence-electron chi connectivity index (χ2n) is 2.91. The zero-order valence-corrected chi connectivity index (χ0v) is 7.55. The number of hydrogen-bond acceptors (Lipinski definition) is 1. The molecule has 0 aliphatic carbocycles. The van der Waals surface area contributed by atoms with Crippen LogP contribution in [0.3, 0.4) is 0 Å². The van der Waals surface area contributed by atoms with Crippen molar-refractivity contribution >= 4 is 14.5 Å². The van der Waals surface area contributed by atoms with Crippen molar-refractivity contribution in [3.05, 3.63) is 0 Å². The summed E-state index contributed by atoms with van der Waals surface area (Å²) in [5.41, 5.74) is 0. The molecule has 1 aliphatic heterocycles. The van der Waals surface area contributed by atoms with E-state index in [9.17, 15) is 0 Å². The summed E-state index contributed by atoms with van der Waals surface area (Å²) in [7, 11) is 0. The summed E-state index contributed by atoms with van der Waals surface area (Å²) in [6.07, 6.45) is 3.30. The first-order valence-electron chi connectivity index (χ1n) is 3.98. The summed E-state index contributed by atoms with van der Waals surface area (Å²) < 4.78 is 5.77. The summed E-state index contributed by atoms with van der Waals surface area (Å²) in [6.45, 7) is 4.46. The highest BCUT2D eigenvalue weighted by Crippen LogP contribution is 2.18. The summed E-state index contributed by atoms with van der Waals surface area (Å²) in [6, 6.07) is 0. The average Bonchev–Trinajstić information content (AvgIpc) is 1.88. The zero-order chi connectivity index (χ0) is 6.69. The van der Waals surface area contributed by atoms with Crippen molar-refractivity contribution in [1.29, 1.82) is 0 Å². The summed E-state index contributed by atoms with van der Waals surface area (Å²) >= 11 is -0.663. The van der Waals surface area contributed by atoms with Crippen LogP contribution < -0.4 is 0 Å². The highest BCUT2D eigenvalue weighted by molar-refractivity contribution is 6.51. The molecule has 0 spiro atoms. The maximum absolute atomic E-state index is 5.77. The van der Waals surface area contributed by atoms with Gasteiger partial charge in [0.2, 0.25) is 0 Å². The van der Waals surface area contributed by atoms with Crippen LogP contribution in [-0.2, 0) is 3.79 Å². The Labute approximate surface area is 62.1 Å². The van der Waals surface area contributed by atoms with Crippen LogP contribution >= 0.6 is 0 Å². The van der Waals surface area contributed by atoms with Gasteiger partial charge in [-0.3, -0.25) is 0 Å². The van der Waals surface area contributed by atoms with Gasteiger partial charge in [0.15, 0.2) is 0 Å². The minimum Gasteiger partial charge on any atom is -0.498 e. The minimum atomic E-state index is -0.663. The molecule has 0 bridgehead atoms. The Hall–Kier alpha value is 0.492. The number of hydrogen-bond donors (Lipinski definition) is 0. The Morgan fingerprint density at radius 2 is 2.44 bits per heavy atom. The molecular weight excluding hydrogens is 127 g/mol. The highest BCUT2D eigenvalue weighted by atomic mass is 27.2. The Morgan fingerprint density at radius 3 is 2.89 bits per heavy atom. The molecule has 0 radical (unpaired) electrons. The molecule has 9 heavy (non-hydrogen) atoms. The van der Waals surface area contributed by atoms with Gasteiger partial charge < -0.3 is 3.79 Å². The molecule has 52 valence electrons. The van der Waals surface area contributed by atoms with Crippen LogP contribution in [0.4, 0.5) is 0 Å². The van der Waals surface area contributed by atoms with Gasteiger partial charge >= 0.3 is 14.5 Å². The van der Waals surface area contributed by atoms with Crippen LogP contribution in [-0.4, -0.2) is 20.6 Å². The molecular formula is C7H15AlO. The Bertz CT molecular complexity index is 85.0. The molecule has 2 heteroatoms. The Kier molecular flexibility index (Phi) is 3.05. The lowest BCUT2D eigenvalue weighted by molar-refractivity contribution is 0.189. The third-order valence-corrected chi connectivity index (χ3v) is 4.83. The van der Waals surface area contributed by atoms with E-state index >= 15 is 0 Å². The summed E-state index contributed by atoms with van der Waals surface area (Å²) in [4.78, 5) is 0. The molecule has 1 saturated heterocycles. The van der Waals surface area contributed by atoms with Crippen LogP contribution in [0.15, 0.2) is 0 Å². The lowest BCUT2D eigenvalue weighted by Gasteiger charge is -2.23. The molecule has 1 atom stereocenters. The van der Waals surface area contributed by atoms with Crippen LogP contribution in [0, 0.1) is 0 Å². The van der Waals surface area contributed by atoms with Crippen molar-refractivity contribution in [3.63, 3.8) is 0 Å². The Balaban J connectivity index is 2.23. The van der Waals surface area contributed by atoms with Crippen molar-refractivity contribution in [1.82, 2.24) is 0 Å². The quantitative estimate of drug-likeness (QED) is 0.510. The smallest absolute Gasteiger partial charge is 0.460 e. The van der Waals surface area contributed by atoms with E-state index in [-0.39, 0.29) is 0 Å². The van der Waals surface area contributed by atoms with Crippen LogP contribution in [0.25, 0.3) is 0 Å². The molecule has 0 aromatic carbocycles. The normalized spacial score (nSPS) is 28.7. The fraction of sp³-hybridized carbons (Fsp3) is 1.00. The molecule has 1 unspecified atom stereocenters. The monoisotopic (exact) mass is 142 g/mol. The third kappa shape index (κ3) is 2.29. The van der Waals surface area contributed by atoms with E-state index in [4.69, 9.17) is 3.79 Å². The first kappa shape index (κ1) is 7.60. The van der Waals surface area contributed by atoms with Crippen molar-refractivity contribution < 1.29 is 3.79 Å². The van der Waals surface area contributed by atoms with Gasteiger partial charge in [-0.2, -0.15) is 0 Å². The standard InChI is InChI=1S/C5H10O.C2H5.Al/c1-3-4-5(2)6;1-2;/h5H,1,3-4H2,2H3;1H2,2H3;/q-1;;+1. The second-order valence-corrected chi connectivity index (χ2v) is 5.82. The lowest BCUT2D eigenvalue weighted by Crippen LogP contribution is -2.27. The molecule has 0 N–H and O–H groups in total. The minimum absolute atomic E-state index is 0.579. The van der Waals surface area contributed by atoms with Gasteiger partial charge in [0, 0.05) is 6.10 Å². The van der Waals surface area contributed by atoms with E-state index in [1.165, 1.54) is 23.4 Å². The predicted octanol–water partition coefficient (Wildman–Crippen LogP) is 2.20. The molecule has 1 nitrogen and oxygen atoms in total. The van der Waals surface area contributed by atoms with E-state index < -0.39 is 14.5 Å². The maximum Gasteiger partial charge on any atom is 0.460 e. The van der Waals surface area contributed by atoms with Crippen LogP contribution in [0.1, 0.15) is 26.7 Å². The molecule has 1 fully saturated rings. The van der Waals surface area contributed by atoms with E-state index in [0.717, 1.165) is 0 Å². The fourth-order valence-electron chi connectivity index (χ4n) is 1.40. The summed E-state index contributed by atoms with van der Waals surface area (Å²) in [5, 5.41) is 2.74. The fourth-order valence-corrected chi connectivity index (χ4v) is 3.62. The topological polar surface area (TPSA) is 9.23 Å². The van der Waals surface area contributed by atoms with Gasteiger partial charge in [-0.1, -0.05) is 23.9 Å². The second kappa shape index (κ2) is 3.61. The first-order valence-corrected chi connectivity index (χ1v) is 6.09. The lowest BCUT2D eigenvalue weighted by atomic mass is 10.2. The average molecular weight is 142 g/mol. The Morgan fingerprint density at radius 1 is 1.67 bits per heavy atom. The molecule has 1 heterocycles. The molecule has 0 saturated carbocycles. The maximum atomic E-state index is 5.77. The van der Waals surface area contributed by atoms with Crippen molar-refractivity contribution in [3.8, 4) is 0 Å². The van der Waals surface area contributed by atoms with Crippen LogP contribution in [0.5, 0.6) is 0 Å². The van der Waals surface area contributed by atoms with E-state index in [1.54, 1.807) is 0 Å². The van der Waals surface area contributed by atoms with Gasteiger partial charge in [0.1, 0.15) is 0 Å². The first-order chi connectivity index (χ1) is 4.33. The van der Waals surface area contributed by atoms with Crippen molar-refractivity contribution in [2.75, 3.05) is 0 Å². The van der Waals surface area contributed by atoms with Gasteiger partial charge in [-0.05, 0) is 13.3 Å². The SMILES string of the molecule is C[CH2][Al]1[CH2]CCC(C)[O]1. The summed E-state index contributed by atoms with van der Waals surface area (Å²) in [5.74, 6) is 0. The molecule has 1 rings (SSSR count). The molecule has 0 aromatic rings. The molecule has 1 aliphatic rings. The van der Waals surface area contributed by atoms with Crippen LogP contribution in [0.2, 0.25) is 10.6 Å².